The topological polar surface area (TPSA) is 65.8 Å². The van der Waals surface area contributed by atoms with Gasteiger partial charge in [0.2, 0.25) is 0 Å². The van der Waals surface area contributed by atoms with E-state index >= 15 is 0 Å². The van der Waals surface area contributed by atoms with Gasteiger partial charge in [-0.3, -0.25) is 4.79 Å². The zero-order chi connectivity index (χ0) is 12.5. The molecule has 0 saturated heterocycles. The van der Waals surface area contributed by atoms with Gasteiger partial charge in [-0.25, -0.2) is 0 Å². The number of nitrogens with zero attached hydrogens (tertiary/aromatic N) is 3. The monoisotopic (exact) mass is 231 g/mol. The molecule has 0 heterocycles. The first-order valence-corrected chi connectivity index (χ1v) is 5.93. The Balaban J connectivity index is 2.70. The Labute approximate surface area is 101 Å². The van der Waals surface area contributed by atoms with Crippen molar-refractivity contribution in [3.63, 3.8) is 0 Å². The summed E-state index contributed by atoms with van der Waals surface area (Å²) >= 11 is 0. The Morgan fingerprint density at radius 2 is 2.06 bits per heavy atom. The fourth-order valence-corrected chi connectivity index (χ4v) is 1.69. The van der Waals surface area contributed by atoms with E-state index in [2.05, 4.69) is 16.9 Å². The van der Waals surface area contributed by atoms with Crippen LogP contribution in [0.15, 0.2) is 35.4 Å². The summed E-state index contributed by atoms with van der Waals surface area (Å²) in [5.74, 6) is -0.0838. The lowest BCUT2D eigenvalue weighted by Crippen LogP contribution is -2.18. The van der Waals surface area contributed by atoms with Crippen LogP contribution in [0.5, 0.6) is 0 Å². The molecule has 1 rings (SSSR count). The van der Waals surface area contributed by atoms with E-state index < -0.39 is 6.04 Å². The fourth-order valence-electron chi connectivity index (χ4n) is 1.69. The molecule has 4 nitrogen and oxygen atoms in total. The van der Waals surface area contributed by atoms with Crippen molar-refractivity contribution in [2.75, 3.05) is 0 Å². The number of hydrogen-bond donors (Lipinski definition) is 0. The van der Waals surface area contributed by atoms with Gasteiger partial charge in [0, 0.05) is 10.5 Å². The number of rotatable bonds is 7. The van der Waals surface area contributed by atoms with E-state index in [1.807, 2.05) is 18.2 Å². The second-order valence-electron chi connectivity index (χ2n) is 3.95. The van der Waals surface area contributed by atoms with Gasteiger partial charge in [0.15, 0.2) is 5.78 Å². The molecule has 0 aliphatic rings. The highest BCUT2D eigenvalue weighted by Crippen LogP contribution is 2.13. The lowest BCUT2D eigenvalue weighted by molar-refractivity contribution is 0.0956. The van der Waals surface area contributed by atoms with Gasteiger partial charge < -0.3 is 0 Å². The standard InChI is InChI=1S/C13H17N3O/c1-2-3-5-10-12(15-16-14)13(17)11-8-6-4-7-9-11/h4,6-9,12H,2-3,5,10H2,1H3/t12-/m1/s1. The number of azide groups is 1. The van der Waals surface area contributed by atoms with Crippen molar-refractivity contribution in [3.8, 4) is 0 Å². The number of unbranched alkanes of at least 4 members (excludes halogenated alkanes) is 2. The molecule has 1 aromatic carbocycles. The molecule has 1 aromatic rings. The number of ketones is 1. The third-order valence-electron chi connectivity index (χ3n) is 2.63. The summed E-state index contributed by atoms with van der Waals surface area (Å²) in [6.45, 7) is 2.10. The van der Waals surface area contributed by atoms with Crippen molar-refractivity contribution in [1.29, 1.82) is 0 Å². The molecular formula is C13H17N3O. The molecule has 90 valence electrons. The van der Waals surface area contributed by atoms with Crippen molar-refractivity contribution in [2.45, 2.75) is 38.6 Å². The molecule has 0 saturated carbocycles. The normalized spacial score (nSPS) is 11.6. The largest absolute Gasteiger partial charge is 0.294 e. The Morgan fingerprint density at radius 3 is 2.65 bits per heavy atom. The zero-order valence-electron chi connectivity index (χ0n) is 10.0. The van der Waals surface area contributed by atoms with Crippen molar-refractivity contribution < 1.29 is 4.79 Å². The van der Waals surface area contributed by atoms with E-state index in [0.29, 0.717) is 12.0 Å². The third-order valence-corrected chi connectivity index (χ3v) is 2.63. The van der Waals surface area contributed by atoms with Crippen LogP contribution in [0.2, 0.25) is 0 Å². The molecule has 0 aliphatic carbocycles. The Kier molecular flexibility index (Phi) is 5.83. The summed E-state index contributed by atoms with van der Waals surface area (Å²) in [6, 6.07) is 8.42. The fraction of sp³-hybridized carbons (Fsp3) is 0.462. The quantitative estimate of drug-likeness (QED) is 0.229. The maximum Gasteiger partial charge on any atom is 0.171 e. The van der Waals surface area contributed by atoms with Gasteiger partial charge in [-0.15, -0.1) is 0 Å². The molecule has 0 aliphatic heterocycles. The van der Waals surface area contributed by atoms with Gasteiger partial charge >= 0.3 is 0 Å². The van der Waals surface area contributed by atoms with Crippen LogP contribution in [0.1, 0.15) is 43.0 Å². The van der Waals surface area contributed by atoms with E-state index in [0.717, 1.165) is 19.3 Å². The first kappa shape index (κ1) is 13.3. The Hall–Kier alpha value is -1.80. The van der Waals surface area contributed by atoms with Crippen molar-refractivity contribution >= 4 is 5.78 Å². The summed E-state index contributed by atoms with van der Waals surface area (Å²) < 4.78 is 0. The van der Waals surface area contributed by atoms with Gasteiger partial charge in [-0.2, -0.15) is 0 Å². The molecule has 0 unspecified atom stereocenters. The summed E-state index contributed by atoms with van der Waals surface area (Å²) in [4.78, 5) is 14.8. The average Bonchev–Trinajstić information content (AvgIpc) is 2.38. The van der Waals surface area contributed by atoms with Crippen molar-refractivity contribution in [3.05, 3.63) is 46.3 Å². The van der Waals surface area contributed by atoms with Crippen molar-refractivity contribution in [1.82, 2.24) is 0 Å². The third kappa shape index (κ3) is 4.29. The van der Waals surface area contributed by atoms with Crippen LogP contribution < -0.4 is 0 Å². The number of hydrogen-bond acceptors (Lipinski definition) is 2. The van der Waals surface area contributed by atoms with Crippen LogP contribution in [0, 0.1) is 0 Å². The SMILES string of the molecule is CCCCC[C@@H](N=[N+]=[N-])C(=O)c1ccccc1. The molecule has 1 atom stereocenters. The molecule has 0 N–H and O–H groups in total. The second-order valence-corrected chi connectivity index (χ2v) is 3.95. The van der Waals surface area contributed by atoms with Crippen molar-refractivity contribution in [2.24, 2.45) is 5.11 Å². The van der Waals surface area contributed by atoms with Crippen LogP contribution in [-0.4, -0.2) is 11.8 Å². The molecule has 0 amide bonds. The van der Waals surface area contributed by atoms with Gasteiger partial charge in [-0.05, 0) is 12.0 Å². The molecule has 17 heavy (non-hydrogen) atoms. The molecule has 0 radical (unpaired) electrons. The molecule has 0 fully saturated rings. The summed E-state index contributed by atoms with van der Waals surface area (Å²) in [5.41, 5.74) is 9.11. The first-order chi connectivity index (χ1) is 8.29. The van der Waals surface area contributed by atoms with E-state index in [1.165, 1.54) is 0 Å². The van der Waals surface area contributed by atoms with Crippen LogP contribution in [0.25, 0.3) is 10.4 Å². The number of Topliss-reactive ketones (excluding diaryl/α,β-unsaturated/α-hetero) is 1. The van der Waals surface area contributed by atoms with E-state index in [1.54, 1.807) is 12.1 Å². The van der Waals surface area contributed by atoms with Gasteiger partial charge in [0.1, 0.15) is 6.04 Å². The Morgan fingerprint density at radius 1 is 1.35 bits per heavy atom. The highest BCUT2D eigenvalue weighted by molar-refractivity contribution is 6.00. The number of carbonyl (C=O) groups excluding carboxylic acids is 1. The molecular weight excluding hydrogens is 214 g/mol. The average molecular weight is 231 g/mol. The molecule has 0 spiro atoms. The predicted molar refractivity (Wildman–Crippen MR) is 67.8 cm³/mol. The minimum absolute atomic E-state index is 0.0838. The van der Waals surface area contributed by atoms with E-state index in [-0.39, 0.29) is 5.78 Å². The van der Waals surface area contributed by atoms with Gasteiger partial charge in [0.25, 0.3) is 0 Å². The highest BCUT2D eigenvalue weighted by Gasteiger charge is 2.17. The maximum atomic E-state index is 12.1. The van der Waals surface area contributed by atoms with Crippen LogP contribution in [-0.2, 0) is 0 Å². The first-order valence-electron chi connectivity index (χ1n) is 5.93. The predicted octanol–water partition coefficient (Wildman–Crippen LogP) is 4.13. The van der Waals surface area contributed by atoms with E-state index in [9.17, 15) is 4.79 Å². The summed E-state index contributed by atoms with van der Waals surface area (Å²) in [5, 5.41) is 3.60. The molecule has 0 aromatic heterocycles. The van der Waals surface area contributed by atoms with Crippen LogP contribution in [0.4, 0.5) is 0 Å². The molecule has 0 bridgehead atoms. The minimum atomic E-state index is -0.561. The van der Waals surface area contributed by atoms with Gasteiger partial charge in [0.05, 0.1) is 0 Å². The number of carbonyl (C=O) groups is 1. The smallest absolute Gasteiger partial charge is 0.171 e. The lowest BCUT2D eigenvalue weighted by Gasteiger charge is -2.09. The second kappa shape index (κ2) is 7.47. The lowest BCUT2D eigenvalue weighted by atomic mass is 10.00. The zero-order valence-corrected chi connectivity index (χ0v) is 10.0. The van der Waals surface area contributed by atoms with Crippen LogP contribution >= 0.6 is 0 Å². The molecule has 4 heteroatoms. The Bertz CT molecular complexity index is 396. The number of benzene rings is 1. The minimum Gasteiger partial charge on any atom is -0.294 e. The maximum absolute atomic E-state index is 12.1. The van der Waals surface area contributed by atoms with Gasteiger partial charge in [-0.1, -0.05) is 61.6 Å². The highest BCUT2D eigenvalue weighted by atomic mass is 16.1. The summed E-state index contributed by atoms with van der Waals surface area (Å²) in [6.07, 6.45) is 3.69. The van der Waals surface area contributed by atoms with Crippen LogP contribution in [0.3, 0.4) is 0 Å². The summed E-state index contributed by atoms with van der Waals surface area (Å²) in [7, 11) is 0. The van der Waals surface area contributed by atoms with E-state index in [4.69, 9.17) is 5.53 Å².